The molecule has 2 aromatic carbocycles. The molecular formula is C19H17NO4. The molecular weight excluding hydrogens is 306 g/mol. The monoisotopic (exact) mass is 323 g/mol. The second-order valence-corrected chi connectivity index (χ2v) is 5.09. The van der Waals surface area contributed by atoms with Crippen molar-refractivity contribution < 1.29 is 19.8 Å². The van der Waals surface area contributed by atoms with Gasteiger partial charge in [-0.05, 0) is 42.3 Å². The van der Waals surface area contributed by atoms with E-state index in [0.29, 0.717) is 5.56 Å². The van der Waals surface area contributed by atoms with Gasteiger partial charge in [-0.25, -0.2) is 9.59 Å². The van der Waals surface area contributed by atoms with Crippen molar-refractivity contribution in [1.29, 1.82) is 0 Å². The highest BCUT2D eigenvalue weighted by Gasteiger charge is 2.10. The lowest BCUT2D eigenvalue weighted by Gasteiger charge is -2.01. The third-order valence-electron chi connectivity index (χ3n) is 3.40. The molecule has 0 unspecified atom stereocenters. The standard InChI is InChI=1S/C10H9N.C9H8O4/c1-2-5-9(6-3-1)10-7-4-8-11-10;1-5-2-3-6(8(10)11)4-7(5)9(12)13/h1-8,11H;2-4H,1H3,(H,10,11)(H,12,13). The maximum atomic E-state index is 10.6. The van der Waals surface area contributed by atoms with Crippen molar-refractivity contribution >= 4 is 11.9 Å². The predicted octanol–water partition coefficient (Wildman–Crippen LogP) is 4.07. The Morgan fingerprint density at radius 1 is 0.875 bits per heavy atom. The van der Waals surface area contributed by atoms with Gasteiger partial charge < -0.3 is 15.2 Å². The minimum absolute atomic E-state index is 0.0111. The van der Waals surface area contributed by atoms with Gasteiger partial charge in [-0.1, -0.05) is 36.4 Å². The smallest absolute Gasteiger partial charge is 0.335 e. The largest absolute Gasteiger partial charge is 0.478 e. The molecule has 1 heterocycles. The summed E-state index contributed by atoms with van der Waals surface area (Å²) in [5.41, 5.74) is 2.98. The lowest BCUT2D eigenvalue weighted by atomic mass is 10.1. The molecule has 0 atom stereocenters. The first-order chi connectivity index (χ1) is 11.5. The van der Waals surface area contributed by atoms with Crippen LogP contribution in [0.15, 0.2) is 66.9 Å². The number of aromatic nitrogens is 1. The van der Waals surface area contributed by atoms with Crippen molar-refractivity contribution in [3.05, 3.63) is 83.6 Å². The van der Waals surface area contributed by atoms with Gasteiger partial charge in [0.2, 0.25) is 0 Å². The summed E-state index contributed by atoms with van der Waals surface area (Å²) in [5, 5.41) is 17.3. The Balaban J connectivity index is 0.000000175. The molecule has 122 valence electrons. The van der Waals surface area contributed by atoms with Crippen LogP contribution in [0.5, 0.6) is 0 Å². The number of benzene rings is 2. The molecule has 0 bridgehead atoms. The fourth-order valence-corrected chi connectivity index (χ4v) is 2.11. The number of rotatable bonds is 3. The van der Waals surface area contributed by atoms with Gasteiger partial charge in [-0.15, -0.1) is 0 Å². The molecule has 3 aromatic rings. The van der Waals surface area contributed by atoms with Gasteiger partial charge in [0.15, 0.2) is 0 Å². The number of carbonyl (C=O) groups is 2. The van der Waals surface area contributed by atoms with E-state index in [0.717, 1.165) is 6.07 Å². The molecule has 0 fully saturated rings. The Hall–Kier alpha value is -3.34. The average molecular weight is 323 g/mol. The van der Waals surface area contributed by atoms with Crippen LogP contribution in [0.1, 0.15) is 26.3 Å². The van der Waals surface area contributed by atoms with E-state index in [1.165, 1.54) is 23.4 Å². The maximum absolute atomic E-state index is 10.6. The van der Waals surface area contributed by atoms with E-state index < -0.39 is 11.9 Å². The van der Waals surface area contributed by atoms with Crippen LogP contribution in [0.25, 0.3) is 11.3 Å². The second-order valence-electron chi connectivity index (χ2n) is 5.09. The van der Waals surface area contributed by atoms with E-state index in [4.69, 9.17) is 10.2 Å². The van der Waals surface area contributed by atoms with E-state index in [1.54, 1.807) is 6.92 Å². The summed E-state index contributed by atoms with van der Waals surface area (Å²) in [6, 6.07) is 18.4. The van der Waals surface area contributed by atoms with Crippen LogP contribution < -0.4 is 0 Å². The minimum atomic E-state index is -1.12. The Bertz CT molecular complexity index is 824. The van der Waals surface area contributed by atoms with Crippen LogP contribution in [0.4, 0.5) is 0 Å². The zero-order valence-electron chi connectivity index (χ0n) is 13.1. The zero-order chi connectivity index (χ0) is 17.5. The van der Waals surface area contributed by atoms with Crippen LogP contribution in [0.2, 0.25) is 0 Å². The first-order valence-corrected chi connectivity index (χ1v) is 7.25. The van der Waals surface area contributed by atoms with E-state index in [1.807, 2.05) is 30.5 Å². The molecule has 0 saturated heterocycles. The number of aryl methyl sites for hydroxylation is 1. The minimum Gasteiger partial charge on any atom is -0.478 e. The third kappa shape index (κ3) is 4.33. The van der Waals surface area contributed by atoms with Crippen LogP contribution in [-0.2, 0) is 0 Å². The highest BCUT2D eigenvalue weighted by atomic mass is 16.4. The molecule has 0 aliphatic heterocycles. The molecule has 5 heteroatoms. The highest BCUT2D eigenvalue weighted by molar-refractivity contribution is 5.94. The lowest BCUT2D eigenvalue weighted by Crippen LogP contribution is -2.03. The van der Waals surface area contributed by atoms with Crippen molar-refractivity contribution in [2.75, 3.05) is 0 Å². The van der Waals surface area contributed by atoms with Gasteiger partial charge in [0, 0.05) is 11.9 Å². The average Bonchev–Trinajstić information content (AvgIpc) is 3.11. The summed E-state index contributed by atoms with van der Waals surface area (Å²) in [5.74, 6) is -2.23. The van der Waals surface area contributed by atoms with Crippen LogP contribution in [0.3, 0.4) is 0 Å². The van der Waals surface area contributed by atoms with Gasteiger partial charge >= 0.3 is 11.9 Å². The predicted molar refractivity (Wildman–Crippen MR) is 91.3 cm³/mol. The first kappa shape index (κ1) is 17.0. The van der Waals surface area contributed by atoms with E-state index >= 15 is 0 Å². The first-order valence-electron chi connectivity index (χ1n) is 7.25. The van der Waals surface area contributed by atoms with E-state index in [2.05, 4.69) is 23.2 Å². The molecule has 0 amide bonds. The van der Waals surface area contributed by atoms with Crippen molar-refractivity contribution in [2.24, 2.45) is 0 Å². The topological polar surface area (TPSA) is 90.4 Å². The van der Waals surface area contributed by atoms with E-state index in [-0.39, 0.29) is 11.1 Å². The third-order valence-corrected chi connectivity index (χ3v) is 3.40. The fraction of sp³-hybridized carbons (Fsp3) is 0.0526. The van der Waals surface area contributed by atoms with Gasteiger partial charge in [0.05, 0.1) is 11.1 Å². The molecule has 5 nitrogen and oxygen atoms in total. The van der Waals surface area contributed by atoms with Gasteiger partial charge in [0.25, 0.3) is 0 Å². The number of hydrogen-bond donors (Lipinski definition) is 3. The van der Waals surface area contributed by atoms with Crippen molar-refractivity contribution in [3.8, 4) is 11.3 Å². The van der Waals surface area contributed by atoms with Crippen LogP contribution in [-0.4, -0.2) is 27.1 Å². The number of carboxylic acids is 2. The van der Waals surface area contributed by atoms with E-state index in [9.17, 15) is 9.59 Å². The Labute approximate surface area is 139 Å². The quantitative estimate of drug-likeness (QED) is 0.677. The molecule has 0 aliphatic rings. The summed E-state index contributed by atoms with van der Waals surface area (Å²) in [6.45, 7) is 1.62. The van der Waals surface area contributed by atoms with Gasteiger partial charge in [0.1, 0.15) is 0 Å². The Kier molecular flexibility index (Phi) is 5.52. The van der Waals surface area contributed by atoms with Crippen molar-refractivity contribution in [1.82, 2.24) is 4.98 Å². The molecule has 3 rings (SSSR count). The lowest BCUT2D eigenvalue weighted by molar-refractivity contribution is 0.0695. The van der Waals surface area contributed by atoms with Crippen molar-refractivity contribution in [2.45, 2.75) is 6.92 Å². The molecule has 0 radical (unpaired) electrons. The Morgan fingerprint density at radius 3 is 2.12 bits per heavy atom. The van der Waals surface area contributed by atoms with Gasteiger partial charge in [-0.3, -0.25) is 0 Å². The number of nitrogens with one attached hydrogen (secondary N) is 1. The molecule has 0 saturated carbocycles. The molecule has 0 spiro atoms. The van der Waals surface area contributed by atoms with Crippen molar-refractivity contribution in [3.63, 3.8) is 0 Å². The Morgan fingerprint density at radius 2 is 1.58 bits per heavy atom. The summed E-state index contributed by atoms with van der Waals surface area (Å²) in [6.07, 6.45) is 1.93. The SMILES string of the molecule is Cc1ccc(C(=O)O)cc1C(=O)O.c1ccc(-c2ccc[nH]2)cc1. The molecule has 0 aliphatic carbocycles. The number of hydrogen-bond acceptors (Lipinski definition) is 2. The highest BCUT2D eigenvalue weighted by Crippen LogP contribution is 2.15. The summed E-state index contributed by atoms with van der Waals surface area (Å²) in [4.78, 5) is 24.3. The number of aromatic carboxylic acids is 2. The molecule has 1 aromatic heterocycles. The summed E-state index contributed by atoms with van der Waals surface area (Å²) >= 11 is 0. The maximum Gasteiger partial charge on any atom is 0.335 e. The fourth-order valence-electron chi connectivity index (χ4n) is 2.11. The molecule has 24 heavy (non-hydrogen) atoms. The normalized spacial score (nSPS) is 9.71. The van der Waals surface area contributed by atoms with Crippen LogP contribution in [0, 0.1) is 6.92 Å². The summed E-state index contributed by atoms with van der Waals surface area (Å²) < 4.78 is 0. The number of carboxylic acid groups (broad SMARTS) is 2. The number of aromatic amines is 1. The van der Waals surface area contributed by atoms with Gasteiger partial charge in [-0.2, -0.15) is 0 Å². The second kappa shape index (κ2) is 7.78. The summed E-state index contributed by atoms with van der Waals surface area (Å²) in [7, 11) is 0. The number of H-pyrrole nitrogens is 1. The van der Waals surface area contributed by atoms with Crippen LogP contribution >= 0.6 is 0 Å². The molecule has 3 N–H and O–H groups in total. The zero-order valence-corrected chi connectivity index (χ0v) is 13.1.